The molecule has 0 aromatic rings. The third-order valence-corrected chi connectivity index (χ3v) is 5.22. The van der Waals surface area contributed by atoms with E-state index in [4.69, 9.17) is 0 Å². The van der Waals surface area contributed by atoms with E-state index in [1.807, 2.05) is 0 Å². The molecule has 2 rings (SSSR count). The highest BCUT2D eigenvalue weighted by Gasteiger charge is 2.26. The van der Waals surface area contributed by atoms with E-state index < -0.39 is 0 Å². The summed E-state index contributed by atoms with van der Waals surface area (Å²) in [6, 6.07) is 1.59. The lowest BCUT2D eigenvalue weighted by Crippen LogP contribution is -2.39. The zero-order valence-electron chi connectivity index (χ0n) is 11.9. The molecule has 2 fully saturated rings. The molecule has 1 nitrogen and oxygen atoms in total. The summed E-state index contributed by atoms with van der Waals surface area (Å²) in [6.45, 7) is 4.79. The molecule has 1 heteroatoms. The van der Waals surface area contributed by atoms with E-state index in [-0.39, 0.29) is 0 Å². The fourth-order valence-electron chi connectivity index (χ4n) is 3.92. The van der Waals surface area contributed by atoms with Crippen molar-refractivity contribution in [1.82, 2.24) is 5.32 Å². The van der Waals surface area contributed by atoms with Crippen LogP contribution in [0.2, 0.25) is 0 Å². The second-order valence-electron chi connectivity index (χ2n) is 6.49. The maximum absolute atomic E-state index is 3.94. The summed E-state index contributed by atoms with van der Waals surface area (Å²) < 4.78 is 0. The Morgan fingerprint density at radius 3 is 2.29 bits per heavy atom. The lowest BCUT2D eigenvalue weighted by Gasteiger charge is -2.27. The Kier molecular flexibility index (Phi) is 5.34. The van der Waals surface area contributed by atoms with Gasteiger partial charge in [0.2, 0.25) is 0 Å². The zero-order valence-corrected chi connectivity index (χ0v) is 11.9. The van der Waals surface area contributed by atoms with E-state index in [0.29, 0.717) is 0 Å². The molecule has 0 aromatic heterocycles. The molecule has 0 amide bonds. The number of rotatable bonds is 4. The second-order valence-corrected chi connectivity index (χ2v) is 6.49. The van der Waals surface area contributed by atoms with Crippen molar-refractivity contribution < 1.29 is 0 Å². The first kappa shape index (κ1) is 13.4. The van der Waals surface area contributed by atoms with E-state index in [1.165, 1.54) is 64.2 Å². The van der Waals surface area contributed by atoms with Crippen molar-refractivity contribution in [3.05, 3.63) is 0 Å². The van der Waals surface area contributed by atoms with Crippen LogP contribution >= 0.6 is 0 Å². The Morgan fingerprint density at radius 2 is 1.71 bits per heavy atom. The molecule has 0 bridgehead atoms. The maximum Gasteiger partial charge on any atom is 0.00723 e. The minimum Gasteiger partial charge on any atom is -0.311 e. The fourth-order valence-corrected chi connectivity index (χ4v) is 3.92. The van der Waals surface area contributed by atoms with Crippen molar-refractivity contribution in [2.45, 2.75) is 90.1 Å². The molecule has 0 heterocycles. The van der Waals surface area contributed by atoms with Crippen LogP contribution in [0.1, 0.15) is 78.1 Å². The van der Waals surface area contributed by atoms with Gasteiger partial charge in [0.15, 0.2) is 0 Å². The van der Waals surface area contributed by atoms with Gasteiger partial charge in [-0.2, -0.15) is 0 Å². The number of hydrogen-bond acceptors (Lipinski definition) is 1. The van der Waals surface area contributed by atoms with Gasteiger partial charge in [-0.3, -0.25) is 0 Å². The Bertz CT molecular complexity index is 206. The number of nitrogens with one attached hydrogen (secondary N) is 1. The van der Waals surface area contributed by atoms with Gasteiger partial charge in [0.25, 0.3) is 0 Å². The average molecular weight is 237 g/mol. The summed E-state index contributed by atoms with van der Waals surface area (Å²) in [7, 11) is 0. The van der Waals surface area contributed by atoms with Gasteiger partial charge in [0, 0.05) is 12.1 Å². The SMILES string of the molecule is CCC1CCC(N[C@H](C)C2CCCCCC2)C1. The molecular weight excluding hydrogens is 206 g/mol. The molecule has 2 unspecified atom stereocenters. The van der Waals surface area contributed by atoms with Crippen molar-refractivity contribution in [3.8, 4) is 0 Å². The first-order valence-electron chi connectivity index (χ1n) is 8.05. The van der Waals surface area contributed by atoms with Gasteiger partial charge in [-0.1, -0.05) is 39.0 Å². The van der Waals surface area contributed by atoms with E-state index in [9.17, 15) is 0 Å². The molecule has 2 aliphatic carbocycles. The van der Waals surface area contributed by atoms with Crippen LogP contribution in [0.4, 0.5) is 0 Å². The largest absolute Gasteiger partial charge is 0.311 e. The summed E-state index contributed by atoms with van der Waals surface area (Å²) >= 11 is 0. The highest BCUT2D eigenvalue weighted by molar-refractivity contribution is 4.84. The predicted molar refractivity (Wildman–Crippen MR) is 75.2 cm³/mol. The molecular formula is C16H31N. The van der Waals surface area contributed by atoms with Gasteiger partial charge in [-0.25, -0.2) is 0 Å². The van der Waals surface area contributed by atoms with Gasteiger partial charge in [0.05, 0.1) is 0 Å². The summed E-state index contributed by atoms with van der Waals surface area (Å²) in [6.07, 6.45) is 14.5. The minimum atomic E-state index is 0.758. The van der Waals surface area contributed by atoms with E-state index in [2.05, 4.69) is 19.2 Å². The highest BCUT2D eigenvalue weighted by Crippen LogP contribution is 2.30. The van der Waals surface area contributed by atoms with Gasteiger partial charge in [-0.05, 0) is 50.9 Å². The van der Waals surface area contributed by atoms with E-state index in [1.54, 1.807) is 0 Å². The first-order chi connectivity index (χ1) is 8.29. The summed E-state index contributed by atoms with van der Waals surface area (Å²) in [4.78, 5) is 0. The van der Waals surface area contributed by atoms with Crippen molar-refractivity contribution in [2.75, 3.05) is 0 Å². The number of hydrogen-bond donors (Lipinski definition) is 1. The summed E-state index contributed by atoms with van der Waals surface area (Å²) in [5.41, 5.74) is 0. The molecule has 0 aromatic carbocycles. The van der Waals surface area contributed by atoms with Crippen molar-refractivity contribution >= 4 is 0 Å². The van der Waals surface area contributed by atoms with Gasteiger partial charge >= 0.3 is 0 Å². The van der Waals surface area contributed by atoms with Crippen molar-refractivity contribution in [3.63, 3.8) is 0 Å². The highest BCUT2D eigenvalue weighted by atomic mass is 15.0. The topological polar surface area (TPSA) is 12.0 Å². The Hall–Kier alpha value is -0.0400. The molecule has 0 aliphatic heterocycles. The Labute approximate surface area is 108 Å². The Morgan fingerprint density at radius 1 is 1.00 bits per heavy atom. The Balaban J connectivity index is 1.74. The van der Waals surface area contributed by atoms with Crippen molar-refractivity contribution in [1.29, 1.82) is 0 Å². The third-order valence-electron chi connectivity index (χ3n) is 5.22. The predicted octanol–water partition coefficient (Wildman–Crippen LogP) is 4.51. The third kappa shape index (κ3) is 3.98. The molecule has 1 N–H and O–H groups in total. The van der Waals surface area contributed by atoms with Gasteiger partial charge in [-0.15, -0.1) is 0 Å². The van der Waals surface area contributed by atoms with Crippen LogP contribution in [-0.4, -0.2) is 12.1 Å². The smallest absolute Gasteiger partial charge is 0.00723 e. The molecule has 2 saturated carbocycles. The van der Waals surface area contributed by atoms with E-state index >= 15 is 0 Å². The molecule has 0 radical (unpaired) electrons. The lowest BCUT2D eigenvalue weighted by atomic mass is 9.92. The lowest BCUT2D eigenvalue weighted by molar-refractivity contribution is 0.306. The summed E-state index contributed by atoms with van der Waals surface area (Å²) in [5.74, 6) is 1.96. The standard InChI is InChI=1S/C16H31N/c1-3-14-10-11-16(12-14)17-13(2)15-8-6-4-5-7-9-15/h13-17H,3-12H2,1-2H3/t13-,14?,16?/m1/s1. The average Bonchev–Trinajstić information content (AvgIpc) is 2.62. The van der Waals surface area contributed by atoms with Crippen LogP contribution in [-0.2, 0) is 0 Å². The second kappa shape index (κ2) is 6.78. The first-order valence-corrected chi connectivity index (χ1v) is 8.05. The van der Waals surface area contributed by atoms with Crippen LogP contribution in [0, 0.1) is 11.8 Å². The molecule has 17 heavy (non-hydrogen) atoms. The van der Waals surface area contributed by atoms with Crippen LogP contribution in [0.5, 0.6) is 0 Å². The normalized spacial score (nSPS) is 33.5. The van der Waals surface area contributed by atoms with Crippen LogP contribution < -0.4 is 5.32 Å². The van der Waals surface area contributed by atoms with Gasteiger partial charge in [0.1, 0.15) is 0 Å². The molecule has 3 atom stereocenters. The van der Waals surface area contributed by atoms with Crippen molar-refractivity contribution in [2.24, 2.45) is 11.8 Å². The van der Waals surface area contributed by atoms with Gasteiger partial charge < -0.3 is 5.32 Å². The minimum absolute atomic E-state index is 0.758. The monoisotopic (exact) mass is 237 g/mol. The van der Waals surface area contributed by atoms with E-state index in [0.717, 1.165) is 23.9 Å². The fraction of sp³-hybridized carbons (Fsp3) is 1.00. The molecule has 2 aliphatic rings. The molecule has 0 spiro atoms. The van der Waals surface area contributed by atoms with Crippen LogP contribution in [0.3, 0.4) is 0 Å². The molecule has 0 saturated heterocycles. The molecule has 100 valence electrons. The van der Waals surface area contributed by atoms with Crippen LogP contribution in [0.25, 0.3) is 0 Å². The van der Waals surface area contributed by atoms with Crippen LogP contribution in [0.15, 0.2) is 0 Å². The zero-order chi connectivity index (χ0) is 12.1. The summed E-state index contributed by atoms with van der Waals surface area (Å²) in [5, 5.41) is 3.94. The quantitative estimate of drug-likeness (QED) is 0.709. The maximum atomic E-state index is 3.94.